The molecule has 1 atom stereocenters. The summed E-state index contributed by atoms with van der Waals surface area (Å²) >= 11 is 0. The average Bonchev–Trinajstić information content (AvgIpc) is 2.73. The van der Waals surface area contributed by atoms with Crippen LogP contribution in [-0.4, -0.2) is 46.6 Å². The van der Waals surface area contributed by atoms with Crippen LogP contribution in [0.15, 0.2) is 12.4 Å². The van der Waals surface area contributed by atoms with Crippen LogP contribution in [0.5, 0.6) is 0 Å². The Bertz CT molecular complexity index is 443. The van der Waals surface area contributed by atoms with E-state index in [2.05, 4.69) is 10.3 Å². The molecular weight excluding hydrogens is 240 g/mol. The van der Waals surface area contributed by atoms with E-state index in [-0.39, 0.29) is 11.8 Å². The zero-order valence-electron chi connectivity index (χ0n) is 9.99. The molecule has 2 rings (SSSR count). The second-order valence-corrected chi connectivity index (χ2v) is 6.52. The number of sulfonamides is 1. The lowest BCUT2D eigenvalue weighted by atomic mass is 10.1. The number of hydrogen-bond donors (Lipinski definition) is 0. The molecular formula is C10H18N4O2S. The van der Waals surface area contributed by atoms with Crippen LogP contribution in [0.25, 0.3) is 0 Å². The smallest absolute Gasteiger partial charge is 0.213 e. The first-order chi connectivity index (χ1) is 8.13. The minimum Gasteiger partial charge on any atom is -0.249 e. The number of hydrogen-bond acceptors (Lipinski definition) is 4. The molecule has 17 heavy (non-hydrogen) atoms. The van der Waals surface area contributed by atoms with Crippen LogP contribution in [0.4, 0.5) is 0 Å². The van der Waals surface area contributed by atoms with Gasteiger partial charge in [0.15, 0.2) is 0 Å². The highest BCUT2D eigenvalue weighted by Gasteiger charge is 2.25. The predicted octanol–water partition coefficient (Wildman–Crippen LogP) is 0.655. The van der Waals surface area contributed by atoms with E-state index in [4.69, 9.17) is 0 Å². The van der Waals surface area contributed by atoms with Gasteiger partial charge in [-0.25, -0.2) is 17.4 Å². The van der Waals surface area contributed by atoms with Gasteiger partial charge in [0.2, 0.25) is 10.0 Å². The summed E-state index contributed by atoms with van der Waals surface area (Å²) in [5.41, 5.74) is 0. The Hall–Kier alpha value is -0.950. The molecule has 6 nitrogen and oxygen atoms in total. The van der Waals surface area contributed by atoms with Gasteiger partial charge in [-0.3, -0.25) is 0 Å². The van der Waals surface area contributed by atoms with Crippen molar-refractivity contribution in [3.05, 3.63) is 12.4 Å². The minimum atomic E-state index is -3.05. The maximum atomic E-state index is 11.8. The molecule has 1 fully saturated rings. The summed E-state index contributed by atoms with van der Waals surface area (Å²) in [5, 5.41) is 7.78. The monoisotopic (exact) mass is 258 g/mol. The van der Waals surface area contributed by atoms with Crippen LogP contribution in [-0.2, 0) is 10.0 Å². The molecule has 0 N–H and O–H groups in total. The van der Waals surface area contributed by atoms with Crippen LogP contribution in [0.3, 0.4) is 0 Å². The summed E-state index contributed by atoms with van der Waals surface area (Å²) < 4.78 is 27.0. The third-order valence-corrected chi connectivity index (χ3v) is 5.11. The Morgan fingerprint density at radius 1 is 1.35 bits per heavy atom. The highest BCUT2D eigenvalue weighted by molar-refractivity contribution is 7.89. The van der Waals surface area contributed by atoms with Gasteiger partial charge in [0.05, 0.1) is 18.0 Å². The van der Waals surface area contributed by atoms with Crippen LogP contribution >= 0.6 is 0 Å². The first kappa shape index (κ1) is 12.5. The summed E-state index contributed by atoms with van der Waals surface area (Å²) in [4.78, 5) is 0. The van der Waals surface area contributed by atoms with Crippen molar-refractivity contribution < 1.29 is 8.42 Å². The Balaban J connectivity index is 2.03. The topological polar surface area (TPSA) is 68.1 Å². The molecule has 0 bridgehead atoms. The molecule has 0 aromatic carbocycles. The highest BCUT2D eigenvalue weighted by Crippen LogP contribution is 2.22. The Morgan fingerprint density at radius 3 is 2.82 bits per heavy atom. The molecule has 7 heteroatoms. The van der Waals surface area contributed by atoms with Gasteiger partial charge < -0.3 is 0 Å². The van der Waals surface area contributed by atoms with E-state index in [1.807, 2.05) is 10.9 Å². The highest BCUT2D eigenvalue weighted by atomic mass is 32.2. The van der Waals surface area contributed by atoms with E-state index < -0.39 is 10.0 Å². The molecule has 1 aromatic rings. The first-order valence-electron chi connectivity index (χ1n) is 5.97. The number of aromatic nitrogens is 3. The van der Waals surface area contributed by atoms with Gasteiger partial charge in [-0.2, -0.15) is 0 Å². The summed E-state index contributed by atoms with van der Waals surface area (Å²) in [7, 11) is -3.05. The number of nitrogens with zero attached hydrogens (tertiary/aromatic N) is 4. The van der Waals surface area contributed by atoms with Gasteiger partial charge >= 0.3 is 0 Å². The lowest BCUT2D eigenvalue weighted by molar-refractivity contribution is 0.386. The molecule has 0 amide bonds. The predicted molar refractivity (Wildman–Crippen MR) is 63.9 cm³/mol. The molecule has 0 spiro atoms. The summed E-state index contributed by atoms with van der Waals surface area (Å²) in [6.45, 7) is 2.90. The van der Waals surface area contributed by atoms with Crippen molar-refractivity contribution in [2.24, 2.45) is 0 Å². The molecule has 0 radical (unpaired) electrons. The molecule has 2 heterocycles. The van der Waals surface area contributed by atoms with E-state index >= 15 is 0 Å². The summed E-state index contributed by atoms with van der Waals surface area (Å²) in [5.74, 6) is 0.182. The standard InChI is InChI=1S/C10H18N4O2S/c1-2-17(15,16)13-7-3-4-10(5-8-13)14-9-6-11-12-14/h6,9-10H,2-5,7-8H2,1H3. The molecule has 1 unspecified atom stereocenters. The maximum Gasteiger partial charge on any atom is 0.213 e. The molecule has 1 saturated heterocycles. The zero-order chi connectivity index (χ0) is 12.3. The van der Waals surface area contributed by atoms with E-state index in [9.17, 15) is 8.42 Å². The largest absolute Gasteiger partial charge is 0.249 e. The molecule has 0 saturated carbocycles. The van der Waals surface area contributed by atoms with Crippen LogP contribution in [0.2, 0.25) is 0 Å². The van der Waals surface area contributed by atoms with Gasteiger partial charge in [-0.05, 0) is 26.2 Å². The third-order valence-electron chi connectivity index (χ3n) is 3.23. The lowest BCUT2D eigenvalue weighted by Crippen LogP contribution is -2.33. The zero-order valence-corrected chi connectivity index (χ0v) is 10.8. The minimum absolute atomic E-state index is 0.182. The second kappa shape index (κ2) is 5.14. The Kier molecular flexibility index (Phi) is 3.78. The van der Waals surface area contributed by atoms with Gasteiger partial charge in [0.25, 0.3) is 0 Å². The maximum absolute atomic E-state index is 11.8. The van der Waals surface area contributed by atoms with Crippen molar-refractivity contribution >= 4 is 10.0 Å². The van der Waals surface area contributed by atoms with Crippen molar-refractivity contribution in [2.75, 3.05) is 18.8 Å². The molecule has 96 valence electrons. The second-order valence-electron chi connectivity index (χ2n) is 4.27. The van der Waals surface area contributed by atoms with Crippen LogP contribution < -0.4 is 0 Å². The molecule has 1 aromatic heterocycles. The van der Waals surface area contributed by atoms with E-state index in [1.54, 1.807) is 17.4 Å². The average molecular weight is 258 g/mol. The van der Waals surface area contributed by atoms with E-state index in [0.717, 1.165) is 19.3 Å². The van der Waals surface area contributed by atoms with Gasteiger partial charge in [-0.15, -0.1) is 5.10 Å². The Morgan fingerprint density at radius 2 is 2.18 bits per heavy atom. The van der Waals surface area contributed by atoms with Gasteiger partial charge in [-0.1, -0.05) is 5.21 Å². The van der Waals surface area contributed by atoms with Crippen molar-refractivity contribution in [1.29, 1.82) is 0 Å². The fraction of sp³-hybridized carbons (Fsp3) is 0.800. The van der Waals surface area contributed by atoms with E-state index in [0.29, 0.717) is 13.1 Å². The van der Waals surface area contributed by atoms with Crippen LogP contribution in [0.1, 0.15) is 32.2 Å². The third kappa shape index (κ3) is 2.84. The normalized spacial score (nSPS) is 23.5. The van der Waals surface area contributed by atoms with Crippen molar-refractivity contribution in [3.63, 3.8) is 0 Å². The van der Waals surface area contributed by atoms with E-state index in [1.165, 1.54) is 0 Å². The molecule has 1 aliphatic rings. The molecule has 1 aliphatic heterocycles. The van der Waals surface area contributed by atoms with Crippen LogP contribution in [0, 0.1) is 0 Å². The van der Waals surface area contributed by atoms with Gasteiger partial charge in [0, 0.05) is 19.3 Å². The first-order valence-corrected chi connectivity index (χ1v) is 7.58. The fourth-order valence-electron chi connectivity index (χ4n) is 2.19. The SMILES string of the molecule is CCS(=O)(=O)N1CCCC(n2ccnn2)CC1. The Labute approximate surface area is 102 Å². The summed E-state index contributed by atoms with van der Waals surface area (Å²) in [6.07, 6.45) is 6.14. The van der Waals surface area contributed by atoms with Crippen molar-refractivity contribution in [2.45, 2.75) is 32.2 Å². The summed E-state index contributed by atoms with van der Waals surface area (Å²) in [6, 6.07) is 0.273. The molecule has 0 aliphatic carbocycles. The lowest BCUT2D eigenvalue weighted by Gasteiger charge is -2.19. The number of rotatable bonds is 3. The van der Waals surface area contributed by atoms with Crippen molar-refractivity contribution in [1.82, 2.24) is 19.3 Å². The van der Waals surface area contributed by atoms with Gasteiger partial charge in [0.1, 0.15) is 0 Å². The quantitative estimate of drug-likeness (QED) is 0.798. The fourth-order valence-corrected chi connectivity index (χ4v) is 3.35. The van der Waals surface area contributed by atoms with Crippen molar-refractivity contribution in [3.8, 4) is 0 Å².